The van der Waals surface area contributed by atoms with Gasteiger partial charge in [-0.25, -0.2) is 0 Å². The summed E-state index contributed by atoms with van der Waals surface area (Å²) in [5.74, 6) is 0.899. The fraction of sp³-hybridized carbons (Fsp3) is 0.409. The lowest BCUT2D eigenvalue weighted by Gasteiger charge is -2.26. The van der Waals surface area contributed by atoms with Gasteiger partial charge in [0.25, 0.3) is 0 Å². The van der Waals surface area contributed by atoms with Crippen LogP contribution in [0.3, 0.4) is 0 Å². The van der Waals surface area contributed by atoms with E-state index >= 15 is 0 Å². The lowest BCUT2D eigenvalue weighted by molar-refractivity contribution is 0.0342. The van der Waals surface area contributed by atoms with E-state index in [1.165, 1.54) is 16.7 Å². The van der Waals surface area contributed by atoms with Gasteiger partial charge in [-0.2, -0.15) is 0 Å². The average Bonchev–Trinajstić information content (AvgIpc) is 2.71. The van der Waals surface area contributed by atoms with Crippen molar-refractivity contribution >= 4 is 29.9 Å². The molecule has 0 saturated carbocycles. The number of hydrogen-bond donors (Lipinski definition) is 1. The van der Waals surface area contributed by atoms with Crippen LogP contribution in [0.25, 0.3) is 0 Å². The number of guanidine groups is 1. The third-order valence-electron chi connectivity index (χ3n) is 4.82. The second kappa shape index (κ2) is 12.0. The molecule has 1 saturated heterocycles. The fourth-order valence-corrected chi connectivity index (χ4v) is 3.28. The molecule has 152 valence electrons. The molecule has 0 amide bonds. The summed E-state index contributed by atoms with van der Waals surface area (Å²) in [5.41, 5.74) is 3.89. The summed E-state index contributed by atoms with van der Waals surface area (Å²) in [6.07, 6.45) is 0. The third kappa shape index (κ3) is 7.07. The molecule has 2 aromatic carbocycles. The van der Waals surface area contributed by atoms with E-state index in [0.29, 0.717) is 0 Å². The van der Waals surface area contributed by atoms with Crippen LogP contribution in [0.4, 0.5) is 0 Å². The van der Waals surface area contributed by atoms with Crippen molar-refractivity contribution in [1.29, 1.82) is 0 Å². The average molecular weight is 494 g/mol. The van der Waals surface area contributed by atoms with Crippen LogP contribution in [0, 0.1) is 0 Å². The van der Waals surface area contributed by atoms with E-state index in [1.54, 1.807) is 0 Å². The van der Waals surface area contributed by atoms with Gasteiger partial charge in [0.2, 0.25) is 0 Å². The van der Waals surface area contributed by atoms with Crippen molar-refractivity contribution in [3.05, 3.63) is 71.3 Å². The SMILES string of the molecule is CN=C(NCc1ccc(CN2CCOCC2)cc1)N(C)Cc1ccccc1.I. The van der Waals surface area contributed by atoms with Gasteiger partial charge in [0, 0.05) is 46.8 Å². The van der Waals surface area contributed by atoms with Gasteiger partial charge in [0.05, 0.1) is 13.2 Å². The lowest BCUT2D eigenvalue weighted by Crippen LogP contribution is -2.38. The van der Waals surface area contributed by atoms with Crippen molar-refractivity contribution in [2.24, 2.45) is 4.99 Å². The molecule has 0 unspecified atom stereocenters. The van der Waals surface area contributed by atoms with Crippen LogP contribution < -0.4 is 5.32 Å². The molecule has 3 rings (SSSR count). The molecule has 1 fully saturated rings. The van der Waals surface area contributed by atoms with Crippen molar-refractivity contribution in [3.8, 4) is 0 Å². The molecule has 1 N–H and O–H groups in total. The van der Waals surface area contributed by atoms with Crippen molar-refractivity contribution in [2.75, 3.05) is 40.4 Å². The Balaban J connectivity index is 0.00000280. The molecule has 0 atom stereocenters. The largest absolute Gasteiger partial charge is 0.379 e. The van der Waals surface area contributed by atoms with E-state index in [4.69, 9.17) is 4.74 Å². The molecule has 1 heterocycles. The van der Waals surface area contributed by atoms with Crippen LogP contribution in [-0.2, 0) is 24.4 Å². The number of nitrogens with one attached hydrogen (secondary N) is 1. The van der Waals surface area contributed by atoms with Crippen LogP contribution >= 0.6 is 24.0 Å². The zero-order valence-electron chi connectivity index (χ0n) is 16.8. The maximum Gasteiger partial charge on any atom is 0.193 e. The summed E-state index contributed by atoms with van der Waals surface area (Å²) < 4.78 is 5.41. The molecule has 0 bridgehead atoms. The zero-order chi connectivity index (χ0) is 18.9. The Morgan fingerprint density at radius 2 is 1.64 bits per heavy atom. The number of hydrogen-bond acceptors (Lipinski definition) is 3. The lowest BCUT2D eigenvalue weighted by atomic mass is 10.1. The smallest absolute Gasteiger partial charge is 0.193 e. The zero-order valence-corrected chi connectivity index (χ0v) is 19.1. The van der Waals surface area contributed by atoms with Crippen LogP contribution in [0.5, 0.6) is 0 Å². The molecule has 1 aliphatic heterocycles. The topological polar surface area (TPSA) is 40.1 Å². The monoisotopic (exact) mass is 494 g/mol. The Labute approximate surface area is 185 Å². The molecular formula is C22H31IN4O. The fourth-order valence-electron chi connectivity index (χ4n) is 3.28. The third-order valence-corrected chi connectivity index (χ3v) is 4.82. The molecule has 1 aliphatic rings. The highest BCUT2D eigenvalue weighted by Gasteiger charge is 2.11. The molecule has 0 aromatic heterocycles. The van der Waals surface area contributed by atoms with Crippen LogP contribution in [0.1, 0.15) is 16.7 Å². The number of nitrogens with zero attached hydrogens (tertiary/aromatic N) is 3. The highest BCUT2D eigenvalue weighted by atomic mass is 127. The van der Waals surface area contributed by atoms with Gasteiger partial charge in [-0.05, 0) is 16.7 Å². The minimum absolute atomic E-state index is 0. The van der Waals surface area contributed by atoms with Gasteiger partial charge in [0.15, 0.2) is 5.96 Å². The Bertz CT molecular complexity index is 715. The van der Waals surface area contributed by atoms with E-state index in [2.05, 4.69) is 75.7 Å². The Morgan fingerprint density at radius 3 is 2.29 bits per heavy atom. The van der Waals surface area contributed by atoms with E-state index in [1.807, 2.05) is 13.1 Å². The molecule has 5 nitrogen and oxygen atoms in total. The first-order valence-corrected chi connectivity index (χ1v) is 9.58. The maximum atomic E-state index is 5.41. The van der Waals surface area contributed by atoms with Crippen LogP contribution in [-0.4, -0.2) is 56.2 Å². The molecule has 0 radical (unpaired) electrons. The quantitative estimate of drug-likeness (QED) is 0.380. The van der Waals surface area contributed by atoms with Crippen molar-refractivity contribution in [3.63, 3.8) is 0 Å². The highest BCUT2D eigenvalue weighted by Crippen LogP contribution is 2.10. The second-order valence-electron chi connectivity index (χ2n) is 6.95. The number of morpholine rings is 1. The number of ether oxygens (including phenoxy) is 1. The highest BCUT2D eigenvalue weighted by molar-refractivity contribution is 14.0. The Morgan fingerprint density at radius 1 is 1.00 bits per heavy atom. The standard InChI is InChI=1S/C22H30N4O.HI/c1-23-22(25(2)17-20-6-4-3-5-7-20)24-16-19-8-10-21(11-9-19)18-26-12-14-27-15-13-26;/h3-11H,12-18H2,1-2H3,(H,23,24);1H. The minimum Gasteiger partial charge on any atom is -0.379 e. The van der Waals surface area contributed by atoms with Crippen molar-refractivity contribution in [2.45, 2.75) is 19.6 Å². The van der Waals surface area contributed by atoms with Gasteiger partial charge < -0.3 is 15.0 Å². The maximum absolute atomic E-state index is 5.41. The second-order valence-corrected chi connectivity index (χ2v) is 6.95. The molecule has 2 aromatic rings. The predicted octanol–water partition coefficient (Wildman–Crippen LogP) is 3.34. The number of aliphatic imine (C=N–C) groups is 1. The Kier molecular flexibility index (Phi) is 9.73. The van der Waals surface area contributed by atoms with Crippen LogP contribution in [0.2, 0.25) is 0 Å². The first-order valence-electron chi connectivity index (χ1n) is 9.58. The van der Waals surface area contributed by atoms with Crippen LogP contribution in [0.15, 0.2) is 59.6 Å². The van der Waals surface area contributed by atoms with E-state index < -0.39 is 0 Å². The summed E-state index contributed by atoms with van der Waals surface area (Å²) in [5, 5.41) is 3.46. The summed E-state index contributed by atoms with van der Waals surface area (Å²) in [7, 11) is 3.89. The first-order chi connectivity index (χ1) is 13.2. The molecular weight excluding hydrogens is 463 g/mol. The van der Waals surface area contributed by atoms with Crippen molar-refractivity contribution < 1.29 is 4.74 Å². The molecule has 0 aliphatic carbocycles. The first kappa shape index (κ1) is 22.6. The van der Waals surface area contributed by atoms with Gasteiger partial charge in [-0.3, -0.25) is 9.89 Å². The Hall–Kier alpha value is -1.64. The summed E-state index contributed by atoms with van der Waals surface area (Å²) >= 11 is 0. The number of rotatable bonds is 6. The number of benzene rings is 2. The predicted molar refractivity (Wildman–Crippen MR) is 126 cm³/mol. The number of halogens is 1. The van der Waals surface area contributed by atoms with Gasteiger partial charge in [-0.15, -0.1) is 24.0 Å². The summed E-state index contributed by atoms with van der Waals surface area (Å²) in [6.45, 7) is 6.33. The minimum atomic E-state index is 0. The van der Waals surface area contributed by atoms with Gasteiger partial charge >= 0.3 is 0 Å². The molecule has 0 spiro atoms. The summed E-state index contributed by atoms with van der Waals surface area (Å²) in [6, 6.07) is 19.3. The molecule has 28 heavy (non-hydrogen) atoms. The molecule has 6 heteroatoms. The van der Waals surface area contributed by atoms with E-state index in [9.17, 15) is 0 Å². The van der Waals surface area contributed by atoms with Gasteiger partial charge in [-0.1, -0.05) is 54.6 Å². The normalized spacial score (nSPS) is 15.0. The summed E-state index contributed by atoms with van der Waals surface area (Å²) in [4.78, 5) is 8.99. The van der Waals surface area contributed by atoms with Crippen molar-refractivity contribution in [1.82, 2.24) is 15.1 Å². The van der Waals surface area contributed by atoms with E-state index in [-0.39, 0.29) is 24.0 Å². The van der Waals surface area contributed by atoms with E-state index in [0.717, 1.165) is 51.9 Å². The van der Waals surface area contributed by atoms with Gasteiger partial charge in [0.1, 0.15) is 0 Å².